The molecule has 106 valence electrons. The fourth-order valence-corrected chi connectivity index (χ4v) is 2.18. The number of nitriles is 1. The number of methoxy groups -OCH3 is 1. The van der Waals surface area contributed by atoms with Crippen molar-refractivity contribution < 1.29 is 18.7 Å². The minimum atomic E-state index is -0.613. The number of hydrogen-bond acceptors (Lipinski definition) is 5. The lowest BCUT2D eigenvalue weighted by Gasteiger charge is -2.31. The minimum Gasteiger partial charge on any atom is -0.467 e. The van der Waals surface area contributed by atoms with Gasteiger partial charge in [-0.2, -0.15) is 5.26 Å². The van der Waals surface area contributed by atoms with Crippen LogP contribution in [0.25, 0.3) is 0 Å². The van der Waals surface area contributed by atoms with E-state index in [2.05, 4.69) is 4.74 Å². The summed E-state index contributed by atoms with van der Waals surface area (Å²) in [7, 11) is 1.32. The van der Waals surface area contributed by atoms with Crippen LogP contribution in [0.3, 0.4) is 0 Å². The van der Waals surface area contributed by atoms with Gasteiger partial charge < -0.3 is 9.47 Å². The van der Waals surface area contributed by atoms with Gasteiger partial charge in [-0.25, -0.2) is 9.18 Å². The molecule has 0 N–H and O–H groups in total. The van der Waals surface area contributed by atoms with Crippen LogP contribution >= 0.6 is 0 Å². The summed E-state index contributed by atoms with van der Waals surface area (Å²) in [6.45, 7) is 1.92. The second kappa shape index (κ2) is 6.46. The fraction of sp³-hybridized carbons (Fsp3) is 0.429. The summed E-state index contributed by atoms with van der Waals surface area (Å²) in [5, 5.41) is 8.83. The molecule has 1 unspecified atom stereocenters. The van der Waals surface area contributed by atoms with Gasteiger partial charge in [0.2, 0.25) is 0 Å². The number of rotatable bonds is 3. The Morgan fingerprint density at radius 3 is 3.10 bits per heavy atom. The summed E-state index contributed by atoms with van der Waals surface area (Å²) in [6, 6.07) is 6.16. The summed E-state index contributed by atoms with van der Waals surface area (Å²) in [4.78, 5) is 13.4. The average molecular weight is 278 g/mol. The van der Waals surface area contributed by atoms with E-state index in [1.165, 1.54) is 19.2 Å². The van der Waals surface area contributed by atoms with Gasteiger partial charge in [0.1, 0.15) is 5.82 Å². The van der Waals surface area contributed by atoms with Crippen molar-refractivity contribution in [1.29, 1.82) is 5.26 Å². The molecule has 1 saturated heterocycles. The molecule has 0 aromatic heterocycles. The fourth-order valence-electron chi connectivity index (χ4n) is 2.18. The van der Waals surface area contributed by atoms with Crippen molar-refractivity contribution in [2.24, 2.45) is 0 Å². The summed E-state index contributed by atoms with van der Waals surface area (Å²) in [6.07, 6.45) is -0.613. The molecule has 6 heteroatoms. The third kappa shape index (κ3) is 3.53. The quantitative estimate of drug-likeness (QED) is 0.774. The predicted molar refractivity (Wildman–Crippen MR) is 68.1 cm³/mol. The van der Waals surface area contributed by atoms with E-state index in [1.807, 2.05) is 11.0 Å². The molecule has 0 radical (unpaired) electrons. The van der Waals surface area contributed by atoms with Crippen LogP contribution in [0.1, 0.15) is 11.1 Å². The Kier molecular flexibility index (Phi) is 4.66. The van der Waals surface area contributed by atoms with Crippen molar-refractivity contribution >= 4 is 5.97 Å². The van der Waals surface area contributed by atoms with Crippen LogP contribution in [0.5, 0.6) is 0 Å². The summed E-state index contributed by atoms with van der Waals surface area (Å²) >= 11 is 0. The van der Waals surface area contributed by atoms with E-state index in [0.29, 0.717) is 31.8 Å². The molecule has 2 rings (SSSR count). The number of ether oxygens (including phenoxy) is 2. The first-order valence-electron chi connectivity index (χ1n) is 6.23. The van der Waals surface area contributed by atoms with E-state index in [-0.39, 0.29) is 5.56 Å². The highest BCUT2D eigenvalue weighted by Crippen LogP contribution is 2.14. The first kappa shape index (κ1) is 14.4. The SMILES string of the molecule is COC(=O)C1CN(Cc2cc(F)cc(C#N)c2)CCO1. The van der Waals surface area contributed by atoms with Crippen LogP contribution in [-0.2, 0) is 20.8 Å². The van der Waals surface area contributed by atoms with Gasteiger partial charge in [-0.1, -0.05) is 0 Å². The lowest BCUT2D eigenvalue weighted by molar-refractivity contribution is -0.160. The van der Waals surface area contributed by atoms with E-state index in [9.17, 15) is 9.18 Å². The molecule has 1 aliphatic rings. The molecule has 0 aliphatic carbocycles. The van der Waals surface area contributed by atoms with Gasteiger partial charge in [-0.15, -0.1) is 0 Å². The molecule has 1 aromatic rings. The zero-order chi connectivity index (χ0) is 14.5. The lowest BCUT2D eigenvalue weighted by Crippen LogP contribution is -2.46. The lowest BCUT2D eigenvalue weighted by atomic mass is 10.1. The predicted octanol–water partition coefficient (Wildman–Crippen LogP) is 1.07. The Labute approximate surface area is 116 Å². The van der Waals surface area contributed by atoms with Gasteiger partial charge in [0, 0.05) is 19.6 Å². The van der Waals surface area contributed by atoms with E-state index in [4.69, 9.17) is 10.00 Å². The Bertz CT molecular complexity index is 542. The highest BCUT2D eigenvalue weighted by Gasteiger charge is 2.27. The number of carbonyl (C=O) groups excluding carboxylic acids is 1. The molecule has 0 bridgehead atoms. The minimum absolute atomic E-state index is 0.290. The van der Waals surface area contributed by atoms with Crippen LogP contribution in [0.2, 0.25) is 0 Å². The number of morpholine rings is 1. The summed E-state index contributed by atoms with van der Waals surface area (Å²) in [5.41, 5.74) is 0.991. The van der Waals surface area contributed by atoms with Crippen molar-refractivity contribution in [3.63, 3.8) is 0 Å². The van der Waals surface area contributed by atoms with E-state index in [1.54, 1.807) is 6.07 Å². The second-order valence-corrected chi connectivity index (χ2v) is 4.58. The number of carbonyl (C=O) groups is 1. The first-order chi connectivity index (χ1) is 9.62. The Hall–Kier alpha value is -1.97. The number of halogens is 1. The van der Waals surface area contributed by atoms with Crippen molar-refractivity contribution in [3.05, 3.63) is 35.1 Å². The zero-order valence-corrected chi connectivity index (χ0v) is 11.1. The summed E-state index contributed by atoms with van der Waals surface area (Å²) < 4.78 is 23.3. The molecule has 1 aromatic carbocycles. The topological polar surface area (TPSA) is 62.6 Å². The first-order valence-corrected chi connectivity index (χ1v) is 6.23. The molecule has 1 atom stereocenters. The molecular weight excluding hydrogens is 263 g/mol. The highest BCUT2D eigenvalue weighted by atomic mass is 19.1. The maximum atomic E-state index is 13.4. The highest BCUT2D eigenvalue weighted by molar-refractivity contribution is 5.74. The normalized spacial score (nSPS) is 19.4. The van der Waals surface area contributed by atoms with Gasteiger partial charge in [-0.05, 0) is 23.8 Å². The van der Waals surface area contributed by atoms with Crippen LogP contribution < -0.4 is 0 Å². The maximum Gasteiger partial charge on any atom is 0.336 e. The molecule has 0 spiro atoms. The van der Waals surface area contributed by atoms with Crippen molar-refractivity contribution in [1.82, 2.24) is 4.90 Å². The van der Waals surface area contributed by atoms with Crippen molar-refractivity contribution in [2.45, 2.75) is 12.6 Å². The molecule has 0 amide bonds. The van der Waals surface area contributed by atoms with Gasteiger partial charge in [0.05, 0.1) is 25.3 Å². The van der Waals surface area contributed by atoms with Gasteiger partial charge in [0.15, 0.2) is 6.10 Å². The van der Waals surface area contributed by atoms with Crippen molar-refractivity contribution in [2.75, 3.05) is 26.8 Å². The third-order valence-corrected chi connectivity index (χ3v) is 3.11. The number of nitrogens with zero attached hydrogens (tertiary/aromatic N) is 2. The molecule has 5 nitrogen and oxygen atoms in total. The third-order valence-electron chi connectivity index (χ3n) is 3.11. The van der Waals surface area contributed by atoms with Gasteiger partial charge >= 0.3 is 5.97 Å². The van der Waals surface area contributed by atoms with E-state index >= 15 is 0 Å². The molecular formula is C14H15FN2O3. The Morgan fingerprint density at radius 1 is 1.60 bits per heavy atom. The van der Waals surface area contributed by atoms with Crippen LogP contribution in [-0.4, -0.2) is 43.8 Å². The number of esters is 1. The molecule has 1 aliphatic heterocycles. The van der Waals surface area contributed by atoms with Gasteiger partial charge in [0.25, 0.3) is 0 Å². The molecule has 0 saturated carbocycles. The number of benzene rings is 1. The second-order valence-electron chi connectivity index (χ2n) is 4.58. The standard InChI is InChI=1S/C14H15FN2O3/c1-19-14(18)13-9-17(2-3-20-13)8-11-4-10(7-16)5-12(15)6-11/h4-6,13H,2-3,8-9H2,1H3. The monoisotopic (exact) mass is 278 g/mol. The molecule has 1 heterocycles. The van der Waals surface area contributed by atoms with E-state index < -0.39 is 17.9 Å². The van der Waals surface area contributed by atoms with Gasteiger partial charge in [-0.3, -0.25) is 4.90 Å². The maximum absolute atomic E-state index is 13.4. The zero-order valence-electron chi connectivity index (χ0n) is 11.1. The summed E-state index contributed by atoms with van der Waals surface area (Å²) in [5.74, 6) is -0.844. The smallest absolute Gasteiger partial charge is 0.336 e. The largest absolute Gasteiger partial charge is 0.467 e. The van der Waals surface area contributed by atoms with E-state index in [0.717, 1.165) is 0 Å². The molecule has 1 fully saturated rings. The van der Waals surface area contributed by atoms with Crippen LogP contribution in [0, 0.1) is 17.1 Å². The average Bonchev–Trinajstić information content (AvgIpc) is 2.46. The number of hydrogen-bond donors (Lipinski definition) is 0. The molecule has 20 heavy (non-hydrogen) atoms. The van der Waals surface area contributed by atoms with Crippen LogP contribution in [0.15, 0.2) is 18.2 Å². The Morgan fingerprint density at radius 2 is 2.40 bits per heavy atom. The Balaban J connectivity index is 2.04. The van der Waals surface area contributed by atoms with Crippen molar-refractivity contribution in [3.8, 4) is 6.07 Å². The van der Waals surface area contributed by atoms with Crippen LogP contribution in [0.4, 0.5) is 4.39 Å².